The van der Waals surface area contributed by atoms with Gasteiger partial charge in [0, 0.05) is 13.1 Å². The van der Waals surface area contributed by atoms with E-state index in [0.717, 1.165) is 34.7 Å². The number of H-pyrrole nitrogens is 1. The van der Waals surface area contributed by atoms with Gasteiger partial charge in [-0.25, -0.2) is 19.2 Å². The van der Waals surface area contributed by atoms with Gasteiger partial charge in [-0.2, -0.15) is 0 Å². The Hall–Kier alpha value is -2.78. The quantitative estimate of drug-likeness (QED) is 0.636. The van der Waals surface area contributed by atoms with Gasteiger partial charge >= 0.3 is 5.97 Å². The van der Waals surface area contributed by atoms with Gasteiger partial charge < -0.3 is 14.8 Å². The van der Waals surface area contributed by atoms with Crippen LogP contribution in [0, 0.1) is 5.82 Å². The third-order valence-corrected chi connectivity index (χ3v) is 5.54. The molecule has 4 rings (SSSR count). The van der Waals surface area contributed by atoms with E-state index in [-0.39, 0.29) is 5.97 Å². The van der Waals surface area contributed by atoms with Crippen molar-refractivity contribution in [3.8, 4) is 5.88 Å². The fraction of sp³-hybridized carbons (Fsp3) is 0.316. The van der Waals surface area contributed by atoms with Gasteiger partial charge in [-0.3, -0.25) is 4.90 Å². The number of carbonyl (C=O) groups excluding carboxylic acids is 1. The average Bonchev–Trinajstić information content (AvgIpc) is 3.23. The summed E-state index contributed by atoms with van der Waals surface area (Å²) in [7, 11) is 0. The zero-order chi connectivity index (χ0) is 19.7. The van der Waals surface area contributed by atoms with E-state index in [2.05, 4.69) is 19.9 Å². The molecule has 3 aromatic rings. The Morgan fingerprint density at radius 2 is 2.29 bits per heavy atom. The van der Waals surface area contributed by atoms with Gasteiger partial charge in [0.1, 0.15) is 15.5 Å². The van der Waals surface area contributed by atoms with Crippen LogP contribution in [-0.2, 0) is 11.3 Å². The number of ether oxygens (including phenoxy) is 1. The molecular formula is C19H19FN4O3S. The molecule has 28 heavy (non-hydrogen) atoms. The third kappa shape index (κ3) is 3.76. The lowest BCUT2D eigenvalue weighted by molar-refractivity contribution is 0.0532. The lowest BCUT2D eigenvalue weighted by atomic mass is 10.0. The summed E-state index contributed by atoms with van der Waals surface area (Å²) in [6.45, 7) is 4.29. The number of hydrogen-bond acceptors (Lipinski definition) is 7. The van der Waals surface area contributed by atoms with Gasteiger partial charge in [0.25, 0.3) is 0 Å². The van der Waals surface area contributed by atoms with Crippen LogP contribution < -0.4 is 0 Å². The predicted molar refractivity (Wildman–Crippen MR) is 104 cm³/mol. The number of thiophene rings is 1. The zero-order valence-corrected chi connectivity index (χ0v) is 16.1. The molecule has 1 aliphatic heterocycles. The summed E-state index contributed by atoms with van der Waals surface area (Å²) in [5, 5.41) is 9.45. The molecule has 0 radical (unpaired) electrons. The van der Waals surface area contributed by atoms with Gasteiger partial charge in [0.05, 0.1) is 24.4 Å². The Balaban J connectivity index is 1.41. The first-order chi connectivity index (χ1) is 13.5. The first kappa shape index (κ1) is 18.6. The molecule has 0 saturated heterocycles. The van der Waals surface area contributed by atoms with Gasteiger partial charge in [-0.05, 0) is 37.1 Å². The number of aromatic hydroxyl groups is 1. The molecule has 0 saturated carbocycles. The highest BCUT2D eigenvalue weighted by molar-refractivity contribution is 7.20. The molecule has 0 aromatic carbocycles. The number of carbonyl (C=O) groups is 1. The third-order valence-electron chi connectivity index (χ3n) is 4.53. The maximum Gasteiger partial charge on any atom is 0.348 e. The van der Waals surface area contributed by atoms with E-state index in [9.17, 15) is 14.3 Å². The second-order valence-corrected chi connectivity index (χ2v) is 7.48. The number of hydrogen-bond donors (Lipinski definition) is 2. The van der Waals surface area contributed by atoms with Gasteiger partial charge in [-0.1, -0.05) is 6.08 Å². The number of nitrogens with one attached hydrogen (secondary N) is 1. The Labute approximate surface area is 164 Å². The summed E-state index contributed by atoms with van der Waals surface area (Å²) in [5.41, 5.74) is 2.43. The van der Waals surface area contributed by atoms with Gasteiger partial charge in [-0.15, -0.1) is 11.3 Å². The fourth-order valence-electron chi connectivity index (χ4n) is 3.15. The highest BCUT2D eigenvalue weighted by Gasteiger charge is 2.18. The van der Waals surface area contributed by atoms with Crippen molar-refractivity contribution in [1.29, 1.82) is 0 Å². The smallest absolute Gasteiger partial charge is 0.348 e. The van der Waals surface area contributed by atoms with Crippen LogP contribution >= 0.6 is 11.3 Å². The second kappa shape index (κ2) is 7.69. The van der Waals surface area contributed by atoms with E-state index in [1.54, 1.807) is 19.1 Å². The van der Waals surface area contributed by atoms with E-state index >= 15 is 0 Å². The number of imidazole rings is 1. The standard InChI is InChI=1S/C19H19FN4O3S/c1-2-27-19(26)15-9-14-18(28-15)23-16(21-14)10-24-7-5-11(6-8-24)13-4-3-12(20)17(25)22-13/h3-5,9H,2,6-8,10H2,1H3,(H,21,23)(H,22,25). The summed E-state index contributed by atoms with van der Waals surface area (Å²) in [6, 6.07) is 4.58. The van der Waals surface area contributed by atoms with Crippen LogP contribution in [0.3, 0.4) is 0 Å². The largest absolute Gasteiger partial charge is 0.491 e. The number of halogens is 1. The van der Waals surface area contributed by atoms with Crippen molar-refractivity contribution in [3.05, 3.63) is 46.5 Å². The molecule has 146 valence electrons. The number of nitrogens with zero attached hydrogens (tertiary/aromatic N) is 3. The molecule has 7 nitrogen and oxygen atoms in total. The van der Waals surface area contributed by atoms with Crippen LogP contribution in [-0.4, -0.2) is 50.6 Å². The lowest BCUT2D eigenvalue weighted by Gasteiger charge is -2.25. The van der Waals surface area contributed by atoms with Crippen molar-refractivity contribution in [3.63, 3.8) is 0 Å². The summed E-state index contributed by atoms with van der Waals surface area (Å²) >= 11 is 1.32. The molecule has 1 aliphatic rings. The van der Waals surface area contributed by atoms with E-state index in [1.165, 1.54) is 17.4 Å². The molecule has 0 amide bonds. The van der Waals surface area contributed by atoms with Crippen LogP contribution in [0.15, 0.2) is 24.3 Å². The van der Waals surface area contributed by atoms with Crippen molar-refractivity contribution >= 4 is 33.2 Å². The van der Waals surface area contributed by atoms with Gasteiger partial charge in [0.2, 0.25) is 5.88 Å². The van der Waals surface area contributed by atoms with E-state index in [4.69, 9.17) is 4.74 Å². The van der Waals surface area contributed by atoms with Crippen LogP contribution in [0.2, 0.25) is 0 Å². The Kier molecular flexibility index (Phi) is 5.10. The van der Waals surface area contributed by atoms with E-state index in [0.29, 0.717) is 30.3 Å². The molecule has 0 bridgehead atoms. The highest BCUT2D eigenvalue weighted by atomic mass is 32.1. The summed E-state index contributed by atoms with van der Waals surface area (Å²) in [5.74, 6) is -0.773. The van der Waals surface area contributed by atoms with Crippen LogP contribution in [0.25, 0.3) is 15.9 Å². The first-order valence-corrected chi connectivity index (χ1v) is 9.78. The van der Waals surface area contributed by atoms with Crippen molar-refractivity contribution in [1.82, 2.24) is 19.9 Å². The van der Waals surface area contributed by atoms with E-state index < -0.39 is 11.7 Å². The van der Waals surface area contributed by atoms with Crippen LogP contribution in [0.4, 0.5) is 4.39 Å². The summed E-state index contributed by atoms with van der Waals surface area (Å²) in [6.07, 6.45) is 2.79. The first-order valence-electron chi connectivity index (χ1n) is 8.96. The maximum atomic E-state index is 13.2. The van der Waals surface area contributed by atoms with Crippen LogP contribution in [0.1, 0.15) is 34.5 Å². The lowest BCUT2D eigenvalue weighted by Crippen LogP contribution is -2.28. The van der Waals surface area contributed by atoms with Crippen molar-refractivity contribution < 1.29 is 19.0 Å². The molecule has 4 heterocycles. The zero-order valence-electron chi connectivity index (χ0n) is 15.2. The molecular weight excluding hydrogens is 383 g/mol. The van der Waals surface area contributed by atoms with Crippen molar-refractivity contribution in [2.45, 2.75) is 19.9 Å². The van der Waals surface area contributed by atoms with E-state index in [1.807, 2.05) is 6.08 Å². The number of esters is 1. The predicted octanol–water partition coefficient (Wildman–Crippen LogP) is 3.33. The molecule has 0 spiro atoms. The minimum absolute atomic E-state index is 0.324. The molecule has 3 aromatic heterocycles. The normalized spacial score (nSPS) is 15.0. The average molecular weight is 402 g/mol. The molecule has 0 unspecified atom stereocenters. The Bertz CT molecular complexity index is 1030. The highest BCUT2D eigenvalue weighted by Crippen LogP contribution is 2.26. The maximum absolute atomic E-state index is 13.2. The Morgan fingerprint density at radius 1 is 1.43 bits per heavy atom. The molecule has 0 aliphatic carbocycles. The monoisotopic (exact) mass is 402 g/mol. The van der Waals surface area contributed by atoms with Gasteiger partial charge in [0.15, 0.2) is 5.82 Å². The molecule has 0 atom stereocenters. The number of fused-ring (bicyclic) bond motifs is 1. The van der Waals surface area contributed by atoms with Crippen molar-refractivity contribution in [2.75, 3.05) is 19.7 Å². The minimum atomic E-state index is -0.717. The fourth-order valence-corrected chi connectivity index (χ4v) is 4.05. The SMILES string of the molecule is CCOC(=O)c1cc2[nH]c(CN3CC=C(c4ccc(F)c(O)n4)CC3)nc2s1. The molecule has 9 heteroatoms. The number of aromatic nitrogens is 3. The summed E-state index contributed by atoms with van der Waals surface area (Å²) < 4.78 is 18.2. The Morgan fingerprint density at radius 3 is 2.96 bits per heavy atom. The molecule has 2 N–H and O–H groups in total. The summed E-state index contributed by atoms with van der Waals surface area (Å²) in [4.78, 5) is 27.1. The number of rotatable bonds is 5. The van der Waals surface area contributed by atoms with Crippen LogP contribution in [0.5, 0.6) is 5.88 Å². The second-order valence-electron chi connectivity index (χ2n) is 6.45. The van der Waals surface area contributed by atoms with Crippen molar-refractivity contribution in [2.24, 2.45) is 0 Å². The minimum Gasteiger partial charge on any atom is -0.491 e. The number of pyridine rings is 1. The topological polar surface area (TPSA) is 91.3 Å². The number of aromatic amines is 1. The molecule has 0 fully saturated rings.